The maximum absolute atomic E-state index is 5.49. The molecular formula is C15H22ClNO. The lowest BCUT2D eigenvalue weighted by Crippen LogP contribution is -2.15. The second kappa shape index (κ2) is 11.0. The molecule has 0 unspecified atom stereocenters. The summed E-state index contributed by atoms with van der Waals surface area (Å²) >= 11 is 0. The zero-order chi connectivity index (χ0) is 12.3. The smallest absolute Gasteiger partial charge is 0.148 e. The van der Waals surface area contributed by atoms with Crippen LogP contribution in [0.5, 0.6) is 5.75 Å². The van der Waals surface area contributed by atoms with E-state index in [1.54, 1.807) is 0 Å². The Labute approximate surface area is 117 Å². The Morgan fingerprint density at radius 2 is 2.06 bits per heavy atom. The van der Waals surface area contributed by atoms with Crippen LogP contribution in [0.3, 0.4) is 0 Å². The highest BCUT2D eigenvalue weighted by molar-refractivity contribution is 5.85. The van der Waals surface area contributed by atoms with E-state index in [1.165, 1.54) is 24.8 Å². The molecule has 0 aromatic heterocycles. The molecule has 0 atom stereocenters. The lowest BCUT2D eigenvalue weighted by molar-refractivity contribution is 0.364. The summed E-state index contributed by atoms with van der Waals surface area (Å²) < 4.78 is 5.49. The van der Waals surface area contributed by atoms with Crippen LogP contribution in [-0.4, -0.2) is 13.2 Å². The van der Waals surface area contributed by atoms with Gasteiger partial charge in [-0.2, -0.15) is 0 Å². The Morgan fingerprint density at radius 1 is 1.28 bits per heavy atom. The standard InChI is InChI=1S/C15H21NO.ClH/c1-3-5-8-11-16-13-14-9-6-7-10-15(14)17-12-4-2;/h2,6-7,9-10,16H,3,5,8,11-13H2,1H3;1H. The molecule has 1 rings (SSSR count). The third-order valence-corrected chi connectivity index (χ3v) is 2.56. The minimum Gasteiger partial charge on any atom is -0.481 e. The Kier molecular flexibility index (Phi) is 10.2. The van der Waals surface area contributed by atoms with E-state index < -0.39 is 0 Å². The fourth-order valence-corrected chi connectivity index (χ4v) is 1.63. The van der Waals surface area contributed by atoms with Gasteiger partial charge in [-0.3, -0.25) is 0 Å². The number of benzene rings is 1. The van der Waals surface area contributed by atoms with Crippen LogP contribution in [0.2, 0.25) is 0 Å². The first-order chi connectivity index (χ1) is 8.38. The van der Waals surface area contributed by atoms with Gasteiger partial charge in [-0.1, -0.05) is 43.9 Å². The van der Waals surface area contributed by atoms with E-state index in [0.717, 1.165) is 18.8 Å². The first-order valence-corrected chi connectivity index (χ1v) is 6.23. The first-order valence-electron chi connectivity index (χ1n) is 6.23. The highest BCUT2D eigenvalue weighted by atomic mass is 35.5. The molecule has 0 bridgehead atoms. The molecular weight excluding hydrogens is 246 g/mol. The molecule has 3 heteroatoms. The molecule has 0 amide bonds. The second-order valence-corrected chi connectivity index (χ2v) is 3.98. The van der Waals surface area contributed by atoms with Crippen molar-refractivity contribution >= 4 is 12.4 Å². The Hall–Kier alpha value is -1.17. The molecule has 100 valence electrons. The quantitative estimate of drug-likeness (QED) is 0.576. The van der Waals surface area contributed by atoms with Crippen molar-refractivity contribution < 1.29 is 4.74 Å². The van der Waals surface area contributed by atoms with Crippen LogP contribution < -0.4 is 10.1 Å². The SMILES string of the molecule is C#CCOc1ccccc1CNCCCCC.Cl. The Bertz CT molecular complexity index is 360. The van der Waals surface area contributed by atoms with Gasteiger partial charge in [0.15, 0.2) is 0 Å². The van der Waals surface area contributed by atoms with Gasteiger partial charge < -0.3 is 10.1 Å². The van der Waals surface area contributed by atoms with Crippen LogP contribution in [0, 0.1) is 12.3 Å². The van der Waals surface area contributed by atoms with Crippen molar-refractivity contribution in [2.45, 2.75) is 32.7 Å². The van der Waals surface area contributed by atoms with Crippen molar-refractivity contribution in [3.8, 4) is 18.1 Å². The van der Waals surface area contributed by atoms with E-state index in [0.29, 0.717) is 6.61 Å². The number of hydrogen-bond acceptors (Lipinski definition) is 2. The van der Waals surface area contributed by atoms with E-state index in [4.69, 9.17) is 11.2 Å². The van der Waals surface area contributed by atoms with Gasteiger partial charge in [0.1, 0.15) is 12.4 Å². The third kappa shape index (κ3) is 6.54. The van der Waals surface area contributed by atoms with Crippen LogP contribution in [-0.2, 0) is 6.54 Å². The van der Waals surface area contributed by atoms with Gasteiger partial charge in [-0.05, 0) is 19.0 Å². The van der Waals surface area contributed by atoms with Gasteiger partial charge >= 0.3 is 0 Å². The number of unbranched alkanes of at least 4 members (excludes halogenated alkanes) is 2. The third-order valence-electron chi connectivity index (χ3n) is 2.56. The van der Waals surface area contributed by atoms with Crippen LogP contribution >= 0.6 is 12.4 Å². The Morgan fingerprint density at radius 3 is 2.78 bits per heavy atom. The van der Waals surface area contributed by atoms with Crippen molar-refractivity contribution in [1.29, 1.82) is 0 Å². The molecule has 0 aliphatic heterocycles. The second-order valence-electron chi connectivity index (χ2n) is 3.98. The van der Waals surface area contributed by atoms with Crippen molar-refractivity contribution in [3.05, 3.63) is 29.8 Å². The van der Waals surface area contributed by atoms with E-state index in [2.05, 4.69) is 24.2 Å². The summed E-state index contributed by atoms with van der Waals surface area (Å²) in [7, 11) is 0. The molecule has 18 heavy (non-hydrogen) atoms. The number of halogens is 1. The molecule has 0 spiro atoms. The molecule has 0 aliphatic carbocycles. The van der Waals surface area contributed by atoms with E-state index in [9.17, 15) is 0 Å². The molecule has 1 aromatic rings. The summed E-state index contributed by atoms with van der Waals surface area (Å²) in [6, 6.07) is 8.01. The average molecular weight is 268 g/mol. The van der Waals surface area contributed by atoms with Crippen LogP contribution in [0.1, 0.15) is 31.7 Å². The molecule has 1 aromatic carbocycles. The van der Waals surface area contributed by atoms with Crippen LogP contribution in [0.25, 0.3) is 0 Å². The van der Waals surface area contributed by atoms with Crippen molar-refractivity contribution in [2.24, 2.45) is 0 Å². The van der Waals surface area contributed by atoms with Gasteiger partial charge in [0.05, 0.1) is 0 Å². The predicted octanol–water partition coefficient (Wildman–Crippen LogP) is 3.40. The largest absolute Gasteiger partial charge is 0.481 e. The predicted molar refractivity (Wildman–Crippen MR) is 79.2 cm³/mol. The molecule has 0 saturated carbocycles. The molecule has 1 N–H and O–H groups in total. The average Bonchev–Trinajstić information content (AvgIpc) is 2.37. The highest BCUT2D eigenvalue weighted by Crippen LogP contribution is 2.17. The molecule has 0 aliphatic rings. The molecule has 2 nitrogen and oxygen atoms in total. The monoisotopic (exact) mass is 267 g/mol. The molecule has 0 saturated heterocycles. The summed E-state index contributed by atoms with van der Waals surface area (Å²) in [5.74, 6) is 3.37. The lowest BCUT2D eigenvalue weighted by atomic mass is 10.2. The van der Waals surface area contributed by atoms with Gasteiger partial charge in [-0.15, -0.1) is 18.8 Å². The maximum atomic E-state index is 5.49. The van der Waals surface area contributed by atoms with Gasteiger partial charge in [0, 0.05) is 12.1 Å². The van der Waals surface area contributed by atoms with Gasteiger partial charge in [-0.25, -0.2) is 0 Å². The molecule has 0 radical (unpaired) electrons. The molecule has 0 heterocycles. The summed E-state index contributed by atoms with van der Waals surface area (Å²) in [5.41, 5.74) is 1.17. The summed E-state index contributed by atoms with van der Waals surface area (Å²) in [4.78, 5) is 0. The maximum Gasteiger partial charge on any atom is 0.148 e. The normalized spacial score (nSPS) is 9.33. The fraction of sp³-hybridized carbons (Fsp3) is 0.467. The Balaban J connectivity index is 0.00000289. The number of para-hydroxylation sites is 1. The van der Waals surface area contributed by atoms with E-state index >= 15 is 0 Å². The minimum absolute atomic E-state index is 0. The zero-order valence-electron chi connectivity index (χ0n) is 10.9. The minimum atomic E-state index is 0. The van der Waals surface area contributed by atoms with Crippen LogP contribution in [0.15, 0.2) is 24.3 Å². The number of ether oxygens (including phenoxy) is 1. The topological polar surface area (TPSA) is 21.3 Å². The number of rotatable bonds is 8. The number of terminal acetylenes is 1. The summed E-state index contributed by atoms with van der Waals surface area (Å²) in [6.45, 7) is 4.43. The number of nitrogens with one attached hydrogen (secondary N) is 1. The zero-order valence-corrected chi connectivity index (χ0v) is 11.8. The van der Waals surface area contributed by atoms with Gasteiger partial charge in [0.2, 0.25) is 0 Å². The number of hydrogen-bond donors (Lipinski definition) is 1. The van der Waals surface area contributed by atoms with Gasteiger partial charge in [0.25, 0.3) is 0 Å². The van der Waals surface area contributed by atoms with E-state index in [1.807, 2.05) is 18.2 Å². The van der Waals surface area contributed by atoms with Crippen molar-refractivity contribution in [2.75, 3.05) is 13.2 Å². The highest BCUT2D eigenvalue weighted by Gasteiger charge is 2.01. The molecule has 0 fully saturated rings. The summed E-state index contributed by atoms with van der Waals surface area (Å²) in [5, 5.41) is 3.42. The summed E-state index contributed by atoms with van der Waals surface area (Å²) in [6.07, 6.45) is 8.95. The first kappa shape index (κ1) is 16.8. The van der Waals surface area contributed by atoms with Crippen molar-refractivity contribution in [3.63, 3.8) is 0 Å². The van der Waals surface area contributed by atoms with Crippen molar-refractivity contribution in [1.82, 2.24) is 5.32 Å². The fourth-order valence-electron chi connectivity index (χ4n) is 1.63. The van der Waals surface area contributed by atoms with Crippen LogP contribution in [0.4, 0.5) is 0 Å². The van der Waals surface area contributed by atoms with E-state index in [-0.39, 0.29) is 12.4 Å². The lowest BCUT2D eigenvalue weighted by Gasteiger charge is -2.10.